The van der Waals surface area contributed by atoms with Gasteiger partial charge in [0, 0.05) is 19.7 Å². The molecular weight excluding hydrogens is 460 g/mol. The van der Waals surface area contributed by atoms with E-state index in [2.05, 4.69) is 99.2 Å². The summed E-state index contributed by atoms with van der Waals surface area (Å²) in [5.41, 5.74) is 7.17. The average molecular weight is 505 g/mol. The Kier molecular flexibility index (Phi) is 11.5. The number of rotatable bonds is 16. The molecule has 1 aliphatic rings. The molecule has 0 aliphatic heterocycles. The van der Waals surface area contributed by atoms with Gasteiger partial charge in [-0.15, -0.1) is 0 Å². The van der Waals surface area contributed by atoms with Crippen LogP contribution >= 0.6 is 0 Å². The fourth-order valence-electron chi connectivity index (χ4n) is 4.20. The first-order chi connectivity index (χ1) is 17.9. The van der Waals surface area contributed by atoms with Crippen molar-refractivity contribution in [1.29, 1.82) is 0 Å². The Morgan fingerprint density at radius 1 is 0.811 bits per heavy atom. The van der Waals surface area contributed by atoms with Crippen LogP contribution in [0.5, 0.6) is 11.5 Å². The Morgan fingerprint density at radius 2 is 1.27 bits per heavy atom. The van der Waals surface area contributed by atoms with Crippen molar-refractivity contribution in [2.24, 2.45) is 0 Å². The van der Waals surface area contributed by atoms with Crippen LogP contribution in [-0.2, 0) is 0 Å². The van der Waals surface area contributed by atoms with Gasteiger partial charge in [0.15, 0.2) is 0 Å². The van der Waals surface area contributed by atoms with E-state index in [0.29, 0.717) is 13.2 Å². The molecule has 2 aromatic rings. The minimum Gasteiger partial charge on any atom is -0.494 e. The third-order valence-corrected chi connectivity index (χ3v) is 6.33. The molecule has 37 heavy (non-hydrogen) atoms. The smallest absolute Gasteiger partial charge is 0.119 e. The van der Waals surface area contributed by atoms with E-state index in [1.807, 2.05) is 0 Å². The number of benzene rings is 2. The number of aliphatic hydroxyl groups excluding tert-OH is 1. The van der Waals surface area contributed by atoms with Gasteiger partial charge in [-0.05, 0) is 118 Å². The van der Waals surface area contributed by atoms with Crippen molar-refractivity contribution in [3.8, 4) is 11.5 Å². The highest BCUT2D eigenvalue weighted by Crippen LogP contribution is 2.39. The van der Waals surface area contributed by atoms with Gasteiger partial charge in [0.1, 0.15) is 11.5 Å². The van der Waals surface area contributed by atoms with Gasteiger partial charge in [0.2, 0.25) is 0 Å². The Balaban J connectivity index is 1.85. The molecule has 0 bridgehead atoms. The van der Waals surface area contributed by atoms with Crippen LogP contribution in [0.25, 0.3) is 5.57 Å². The SMILES string of the molecule is C=C1C/C1=C\C(CCCO)=C(c1ccc(OCCCN(C)C)cc1)c1ccc(OCCCN(C)C)cc1. The molecule has 1 N–H and O–H groups in total. The first kappa shape index (κ1) is 28.7. The summed E-state index contributed by atoms with van der Waals surface area (Å²) in [6.45, 7) is 7.71. The molecule has 0 radical (unpaired) electrons. The van der Waals surface area contributed by atoms with Gasteiger partial charge >= 0.3 is 0 Å². The normalized spacial score (nSPS) is 13.9. The summed E-state index contributed by atoms with van der Waals surface area (Å²) in [7, 11) is 8.31. The molecule has 200 valence electrons. The van der Waals surface area contributed by atoms with Gasteiger partial charge in [-0.2, -0.15) is 0 Å². The van der Waals surface area contributed by atoms with Gasteiger partial charge in [0.25, 0.3) is 0 Å². The number of aliphatic hydroxyl groups is 1. The average Bonchev–Trinajstić information content (AvgIpc) is 3.58. The quantitative estimate of drug-likeness (QED) is 0.292. The third-order valence-electron chi connectivity index (χ3n) is 6.33. The molecule has 0 atom stereocenters. The molecule has 1 fully saturated rings. The highest BCUT2D eigenvalue weighted by Gasteiger charge is 2.20. The second kappa shape index (κ2) is 14.8. The van der Waals surface area contributed by atoms with Crippen molar-refractivity contribution in [1.82, 2.24) is 9.80 Å². The summed E-state index contributed by atoms with van der Waals surface area (Å²) >= 11 is 0. The molecule has 5 nitrogen and oxygen atoms in total. The molecule has 1 saturated carbocycles. The van der Waals surface area contributed by atoms with E-state index in [-0.39, 0.29) is 6.61 Å². The molecule has 0 heterocycles. The number of ether oxygens (including phenoxy) is 2. The van der Waals surface area contributed by atoms with Gasteiger partial charge in [0.05, 0.1) is 13.2 Å². The largest absolute Gasteiger partial charge is 0.494 e. The van der Waals surface area contributed by atoms with Crippen LogP contribution in [0, 0.1) is 0 Å². The molecule has 0 aromatic heterocycles. The van der Waals surface area contributed by atoms with E-state index in [1.54, 1.807) is 0 Å². The lowest BCUT2D eigenvalue weighted by molar-refractivity contribution is 0.281. The van der Waals surface area contributed by atoms with Gasteiger partial charge in [-0.3, -0.25) is 0 Å². The van der Waals surface area contributed by atoms with Crippen molar-refractivity contribution in [3.63, 3.8) is 0 Å². The maximum absolute atomic E-state index is 9.59. The van der Waals surface area contributed by atoms with Crippen LogP contribution in [-0.4, -0.2) is 76.0 Å². The standard InChI is InChI=1S/C32H44N2O3/c1-25-23-29(25)24-28(9-6-20-35)32(26-10-14-30(15-11-26)36-21-7-18-33(2)3)27-12-16-31(17-13-27)37-22-8-19-34(4)5/h10-17,24,35H,1,6-9,18-23H2,2-5H3/b29-24+. The fourth-order valence-corrected chi connectivity index (χ4v) is 4.20. The lowest BCUT2D eigenvalue weighted by Crippen LogP contribution is -2.15. The number of nitrogens with zero attached hydrogens (tertiary/aromatic N) is 2. The first-order valence-corrected chi connectivity index (χ1v) is 13.4. The highest BCUT2D eigenvalue weighted by atomic mass is 16.5. The van der Waals surface area contributed by atoms with Crippen LogP contribution in [0.3, 0.4) is 0 Å². The summed E-state index contributed by atoms with van der Waals surface area (Å²) in [4.78, 5) is 4.33. The van der Waals surface area contributed by atoms with Crippen LogP contribution in [0.15, 0.2) is 77.9 Å². The second-order valence-electron chi connectivity index (χ2n) is 10.2. The third kappa shape index (κ3) is 9.84. The van der Waals surface area contributed by atoms with Crippen molar-refractivity contribution in [3.05, 3.63) is 89.0 Å². The summed E-state index contributed by atoms with van der Waals surface area (Å²) in [6.07, 6.45) is 6.74. The van der Waals surface area contributed by atoms with E-state index in [4.69, 9.17) is 9.47 Å². The van der Waals surface area contributed by atoms with E-state index < -0.39 is 0 Å². The van der Waals surface area contributed by atoms with Crippen molar-refractivity contribution in [2.45, 2.75) is 32.1 Å². The lowest BCUT2D eigenvalue weighted by atomic mass is 9.90. The molecule has 0 unspecified atom stereocenters. The topological polar surface area (TPSA) is 45.2 Å². The Hall–Kier alpha value is -2.86. The van der Waals surface area contributed by atoms with Crippen LogP contribution in [0.4, 0.5) is 0 Å². The molecule has 2 aromatic carbocycles. The van der Waals surface area contributed by atoms with Crippen molar-refractivity contribution >= 4 is 5.57 Å². The molecule has 5 heteroatoms. The Morgan fingerprint density at radius 3 is 1.65 bits per heavy atom. The number of hydrogen-bond acceptors (Lipinski definition) is 5. The molecule has 3 rings (SSSR count). The fraction of sp³-hybridized carbons (Fsp3) is 0.438. The van der Waals surface area contributed by atoms with Crippen molar-refractivity contribution < 1.29 is 14.6 Å². The molecule has 1 aliphatic carbocycles. The zero-order chi connectivity index (χ0) is 26.6. The van der Waals surface area contributed by atoms with E-state index in [0.717, 1.165) is 67.8 Å². The lowest BCUT2D eigenvalue weighted by Gasteiger charge is -2.16. The van der Waals surface area contributed by atoms with E-state index >= 15 is 0 Å². The zero-order valence-corrected chi connectivity index (χ0v) is 23.1. The Labute approximate surface area is 223 Å². The van der Waals surface area contributed by atoms with Gasteiger partial charge in [-0.1, -0.05) is 36.9 Å². The maximum atomic E-state index is 9.59. The first-order valence-electron chi connectivity index (χ1n) is 13.4. The van der Waals surface area contributed by atoms with Crippen LogP contribution in [0.1, 0.15) is 43.2 Å². The summed E-state index contributed by atoms with van der Waals surface area (Å²) in [6, 6.07) is 16.8. The van der Waals surface area contributed by atoms with Gasteiger partial charge in [-0.25, -0.2) is 0 Å². The monoisotopic (exact) mass is 504 g/mol. The predicted molar refractivity (Wildman–Crippen MR) is 154 cm³/mol. The highest BCUT2D eigenvalue weighted by molar-refractivity contribution is 5.84. The van der Waals surface area contributed by atoms with Crippen molar-refractivity contribution in [2.75, 3.05) is 61.1 Å². The molecule has 0 amide bonds. The van der Waals surface area contributed by atoms with E-state index in [1.165, 1.54) is 22.3 Å². The summed E-state index contributed by atoms with van der Waals surface area (Å²) < 4.78 is 11.9. The van der Waals surface area contributed by atoms with Crippen LogP contribution < -0.4 is 9.47 Å². The number of allylic oxidation sites excluding steroid dienone is 4. The van der Waals surface area contributed by atoms with Crippen LogP contribution in [0.2, 0.25) is 0 Å². The minimum absolute atomic E-state index is 0.167. The Bertz CT molecular complexity index is 989. The molecular formula is C32H44N2O3. The maximum Gasteiger partial charge on any atom is 0.119 e. The molecule has 0 saturated heterocycles. The molecule has 0 spiro atoms. The zero-order valence-electron chi connectivity index (χ0n) is 23.1. The summed E-state index contributed by atoms with van der Waals surface area (Å²) in [5.74, 6) is 1.77. The second-order valence-corrected chi connectivity index (χ2v) is 10.2. The minimum atomic E-state index is 0.167. The van der Waals surface area contributed by atoms with Gasteiger partial charge < -0.3 is 24.4 Å². The summed E-state index contributed by atoms with van der Waals surface area (Å²) in [5, 5.41) is 9.59. The van der Waals surface area contributed by atoms with E-state index in [9.17, 15) is 5.11 Å². The number of hydrogen-bond donors (Lipinski definition) is 1. The predicted octanol–water partition coefficient (Wildman–Crippen LogP) is 5.81.